The van der Waals surface area contributed by atoms with Crippen LogP contribution >= 0.6 is 0 Å². The van der Waals surface area contributed by atoms with Crippen LogP contribution in [-0.4, -0.2) is 17.0 Å². The number of benzene rings is 1. The second-order valence-corrected chi connectivity index (χ2v) is 5.45. The highest BCUT2D eigenvalue weighted by atomic mass is 19.2. The number of anilines is 1. The van der Waals surface area contributed by atoms with Gasteiger partial charge in [0.25, 0.3) is 0 Å². The van der Waals surface area contributed by atoms with E-state index in [1.807, 2.05) is 0 Å². The second-order valence-electron chi connectivity index (χ2n) is 5.45. The molecule has 0 spiro atoms. The molecule has 1 aromatic rings. The van der Waals surface area contributed by atoms with Gasteiger partial charge in [0.2, 0.25) is 5.91 Å². The quantitative estimate of drug-likeness (QED) is 0.666. The summed E-state index contributed by atoms with van der Waals surface area (Å²) in [5.41, 5.74) is -2.17. The summed E-state index contributed by atoms with van der Waals surface area (Å²) in [6.07, 6.45) is 0. The monoisotopic (exact) mass is 305 g/mol. The van der Waals surface area contributed by atoms with Crippen molar-refractivity contribution in [2.45, 2.75) is 13.8 Å². The van der Waals surface area contributed by atoms with E-state index in [-0.39, 0.29) is 6.07 Å². The zero-order valence-corrected chi connectivity index (χ0v) is 11.0. The Hall–Kier alpha value is -2.12. The van der Waals surface area contributed by atoms with Crippen molar-refractivity contribution in [2.24, 2.45) is 17.3 Å². The van der Waals surface area contributed by atoms with E-state index in [0.29, 0.717) is 0 Å². The van der Waals surface area contributed by atoms with Crippen LogP contribution in [0.2, 0.25) is 0 Å². The van der Waals surface area contributed by atoms with E-state index in [0.717, 1.165) is 0 Å². The van der Waals surface area contributed by atoms with Crippen LogP contribution in [0.3, 0.4) is 0 Å². The molecule has 2 N–H and O–H groups in total. The van der Waals surface area contributed by atoms with Crippen molar-refractivity contribution < 1.29 is 32.3 Å². The number of nitrogens with one attached hydrogen (secondary N) is 1. The Morgan fingerprint density at radius 2 is 1.57 bits per heavy atom. The Morgan fingerprint density at radius 1 is 1.10 bits per heavy atom. The maximum atomic E-state index is 13.4. The molecule has 0 aromatic heterocycles. The first kappa shape index (κ1) is 15.3. The largest absolute Gasteiger partial charge is 0.481 e. The fraction of sp³-hybridized carbons (Fsp3) is 0.385. The van der Waals surface area contributed by atoms with Gasteiger partial charge in [-0.25, -0.2) is 17.6 Å². The summed E-state index contributed by atoms with van der Waals surface area (Å²) in [4.78, 5) is 22.8. The topological polar surface area (TPSA) is 66.4 Å². The van der Waals surface area contributed by atoms with Gasteiger partial charge in [0, 0.05) is 6.07 Å². The zero-order valence-electron chi connectivity index (χ0n) is 11.0. The average molecular weight is 305 g/mol. The van der Waals surface area contributed by atoms with Gasteiger partial charge < -0.3 is 10.4 Å². The molecule has 1 saturated carbocycles. The number of carboxylic acids is 1. The molecule has 0 heterocycles. The van der Waals surface area contributed by atoms with Crippen molar-refractivity contribution in [2.75, 3.05) is 5.32 Å². The third kappa shape index (κ3) is 2.34. The normalized spacial score (nSPS) is 22.8. The SMILES string of the molecule is CC1(C)C(C(=O)O)C1C(=O)Nc1c(F)c(F)cc(F)c1F. The van der Waals surface area contributed by atoms with Crippen molar-refractivity contribution in [3.8, 4) is 0 Å². The molecule has 1 aliphatic carbocycles. The summed E-state index contributed by atoms with van der Waals surface area (Å²) < 4.78 is 52.9. The summed E-state index contributed by atoms with van der Waals surface area (Å²) in [7, 11) is 0. The van der Waals surface area contributed by atoms with Crippen LogP contribution in [0.15, 0.2) is 6.07 Å². The lowest BCUT2D eigenvalue weighted by atomic mass is 10.1. The highest BCUT2D eigenvalue weighted by Gasteiger charge is 2.66. The van der Waals surface area contributed by atoms with E-state index in [1.54, 1.807) is 5.32 Å². The van der Waals surface area contributed by atoms with Gasteiger partial charge in [-0.05, 0) is 5.41 Å². The van der Waals surface area contributed by atoms with Crippen molar-refractivity contribution >= 4 is 17.6 Å². The number of carboxylic acid groups (broad SMARTS) is 1. The Labute approximate surface area is 116 Å². The third-order valence-electron chi connectivity index (χ3n) is 3.74. The van der Waals surface area contributed by atoms with Gasteiger partial charge in [0.1, 0.15) is 5.69 Å². The standard InChI is InChI=1S/C13H11F4NO3/c1-13(2)6(7(13)12(20)21)11(19)18-10-8(16)4(14)3-5(15)9(10)17/h3,6-7H,1-2H3,(H,18,19)(H,20,21). The number of carbonyl (C=O) groups is 2. The number of halogens is 4. The molecule has 114 valence electrons. The number of aliphatic carboxylic acids is 1. The predicted octanol–water partition coefficient (Wildman–Crippen LogP) is 2.54. The van der Waals surface area contributed by atoms with Crippen LogP contribution in [0.25, 0.3) is 0 Å². The summed E-state index contributed by atoms with van der Waals surface area (Å²) in [5.74, 6) is -11.1. The molecular weight excluding hydrogens is 294 g/mol. The predicted molar refractivity (Wildman–Crippen MR) is 63.3 cm³/mol. The Kier molecular flexibility index (Phi) is 3.43. The molecule has 1 amide bonds. The van der Waals surface area contributed by atoms with Gasteiger partial charge >= 0.3 is 5.97 Å². The lowest BCUT2D eigenvalue weighted by molar-refractivity contribution is -0.140. The van der Waals surface area contributed by atoms with Crippen LogP contribution in [0.1, 0.15) is 13.8 Å². The maximum absolute atomic E-state index is 13.4. The van der Waals surface area contributed by atoms with E-state index in [9.17, 15) is 27.2 Å². The van der Waals surface area contributed by atoms with E-state index < -0.39 is 58.1 Å². The molecule has 1 aromatic carbocycles. The molecule has 0 aliphatic heterocycles. The van der Waals surface area contributed by atoms with Gasteiger partial charge in [-0.2, -0.15) is 0 Å². The van der Waals surface area contributed by atoms with Crippen LogP contribution in [0.4, 0.5) is 23.2 Å². The minimum absolute atomic E-state index is 0.0153. The molecule has 0 radical (unpaired) electrons. The fourth-order valence-electron chi connectivity index (χ4n) is 2.47. The second kappa shape index (κ2) is 4.71. The van der Waals surface area contributed by atoms with Crippen molar-refractivity contribution in [1.82, 2.24) is 0 Å². The van der Waals surface area contributed by atoms with E-state index in [1.165, 1.54) is 13.8 Å². The lowest BCUT2D eigenvalue weighted by Crippen LogP contribution is -2.20. The molecule has 2 unspecified atom stereocenters. The Bertz CT molecular complexity index is 619. The van der Waals surface area contributed by atoms with E-state index >= 15 is 0 Å². The van der Waals surface area contributed by atoms with Gasteiger partial charge in [-0.1, -0.05) is 13.8 Å². The smallest absolute Gasteiger partial charge is 0.307 e. The molecule has 1 aliphatic rings. The van der Waals surface area contributed by atoms with Crippen LogP contribution in [-0.2, 0) is 9.59 Å². The Balaban J connectivity index is 2.29. The van der Waals surface area contributed by atoms with Gasteiger partial charge in [-0.15, -0.1) is 0 Å². The summed E-state index contributed by atoms with van der Waals surface area (Å²) in [6, 6.07) is 0.0153. The van der Waals surface area contributed by atoms with Crippen LogP contribution in [0.5, 0.6) is 0 Å². The third-order valence-corrected chi connectivity index (χ3v) is 3.74. The minimum Gasteiger partial charge on any atom is -0.481 e. The van der Waals surface area contributed by atoms with Gasteiger partial charge in [-0.3, -0.25) is 9.59 Å². The lowest BCUT2D eigenvalue weighted by Gasteiger charge is -2.09. The highest BCUT2D eigenvalue weighted by molar-refractivity contribution is 5.99. The van der Waals surface area contributed by atoms with Gasteiger partial charge in [0.05, 0.1) is 11.8 Å². The zero-order chi connectivity index (χ0) is 16.1. The first-order chi connectivity index (χ1) is 9.59. The number of hydrogen-bond acceptors (Lipinski definition) is 2. The molecule has 2 rings (SSSR count). The molecule has 8 heteroatoms. The minimum atomic E-state index is -1.74. The highest BCUT2D eigenvalue weighted by Crippen LogP contribution is 2.58. The molecule has 0 bridgehead atoms. The van der Waals surface area contributed by atoms with Crippen molar-refractivity contribution in [3.05, 3.63) is 29.3 Å². The molecule has 21 heavy (non-hydrogen) atoms. The Morgan fingerprint density at radius 3 is 1.95 bits per heavy atom. The van der Waals surface area contributed by atoms with Crippen molar-refractivity contribution in [3.63, 3.8) is 0 Å². The molecular formula is C13H11F4NO3. The summed E-state index contributed by atoms with van der Waals surface area (Å²) in [6.45, 7) is 2.99. The number of hydrogen-bond donors (Lipinski definition) is 2. The summed E-state index contributed by atoms with van der Waals surface area (Å²) in [5, 5.41) is 10.7. The van der Waals surface area contributed by atoms with E-state index in [2.05, 4.69) is 0 Å². The number of amides is 1. The van der Waals surface area contributed by atoms with Crippen molar-refractivity contribution in [1.29, 1.82) is 0 Å². The molecule has 2 atom stereocenters. The average Bonchev–Trinajstić information content (AvgIpc) is 2.95. The van der Waals surface area contributed by atoms with Crippen LogP contribution in [0, 0.1) is 40.5 Å². The molecule has 0 saturated heterocycles. The summed E-state index contributed by atoms with van der Waals surface area (Å²) >= 11 is 0. The van der Waals surface area contributed by atoms with Crippen LogP contribution < -0.4 is 5.32 Å². The first-order valence-electron chi connectivity index (χ1n) is 5.95. The number of carbonyl (C=O) groups excluding carboxylic acids is 1. The maximum Gasteiger partial charge on any atom is 0.307 e. The number of rotatable bonds is 3. The van der Waals surface area contributed by atoms with E-state index in [4.69, 9.17) is 5.11 Å². The molecule has 4 nitrogen and oxygen atoms in total. The molecule has 1 fully saturated rings. The van der Waals surface area contributed by atoms with Gasteiger partial charge in [0.15, 0.2) is 23.3 Å². The fourth-order valence-corrected chi connectivity index (χ4v) is 2.47. The first-order valence-corrected chi connectivity index (χ1v) is 5.95.